The lowest BCUT2D eigenvalue weighted by Gasteiger charge is -2.35. The Bertz CT molecular complexity index is 3280. The number of rotatable bonds is 37. The Balaban J connectivity index is 1.18. The smallest absolute Gasteiger partial charge is 0.146 e. The number of hydrogen-bond donors (Lipinski definition) is 0. The Morgan fingerprint density at radius 3 is 1.23 bits per heavy atom. The first kappa shape index (κ1) is 61.1. The van der Waals surface area contributed by atoms with E-state index in [1.807, 2.05) is 22.7 Å². The summed E-state index contributed by atoms with van der Waals surface area (Å²) in [6.07, 6.45) is 39.4. The molecule has 0 saturated carbocycles. The molecule has 0 amide bonds. The molecule has 10 rings (SSSR count). The topological polar surface area (TPSA) is 70.0 Å². The van der Waals surface area contributed by atoms with E-state index in [2.05, 4.69) is 91.8 Å². The van der Waals surface area contributed by atoms with Crippen molar-refractivity contribution in [1.82, 2.24) is 17.5 Å². The number of nitrogens with zero attached hydrogens (tertiary/aromatic N) is 4. The first-order chi connectivity index (χ1) is 40.3. The lowest BCUT2D eigenvalue weighted by Crippen LogP contribution is -2.27. The third kappa shape index (κ3) is 12.4. The maximum Gasteiger partial charge on any atom is 0.146 e. The van der Waals surface area contributed by atoms with Crippen LogP contribution >= 0.6 is 46.1 Å². The second-order valence-corrected chi connectivity index (χ2v) is 28.4. The average Bonchev–Trinajstić information content (AvgIpc) is 3.55. The van der Waals surface area contributed by atoms with Crippen LogP contribution in [0.2, 0.25) is 0 Å². The first-order valence-electron chi connectivity index (χ1n) is 33.3. The van der Waals surface area contributed by atoms with Crippen molar-refractivity contribution in [3.8, 4) is 44.2 Å². The van der Waals surface area contributed by atoms with Gasteiger partial charge >= 0.3 is 0 Å². The second kappa shape index (κ2) is 29.0. The fourth-order valence-corrected chi connectivity index (χ4v) is 18.1. The number of fused-ring (bicyclic) bond motifs is 12. The van der Waals surface area contributed by atoms with Crippen LogP contribution in [0.3, 0.4) is 0 Å². The average molecular weight is 1180 g/mol. The van der Waals surface area contributed by atoms with Crippen LogP contribution in [0.5, 0.6) is 11.5 Å². The van der Waals surface area contributed by atoms with E-state index in [0.717, 1.165) is 85.3 Å². The Morgan fingerprint density at radius 2 is 0.744 bits per heavy atom. The largest absolute Gasteiger partial charge is 0.491 e. The molecule has 0 aliphatic heterocycles. The van der Waals surface area contributed by atoms with Gasteiger partial charge in [0.15, 0.2) is 0 Å². The number of ether oxygens (including phenoxy) is 2. The van der Waals surface area contributed by atoms with E-state index in [9.17, 15) is 0 Å². The van der Waals surface area contributed by atoms with E-state index in [4.69, 9.17) is 27.0 Å². The van der Waals surface area contributed by atoms with Gasteiger partial charge in [-0.15, -0.1) is 22.7 Å². The van der Waals surface area contributed by atoms with Gasteiger partial charge in [-0.1, -0.05) is 215 Å². The van der Waals surface area contributed by atoms with E-state index in [0.29, 0.717) is 0 Å². The first-order valence-corrected chi connectivity index (χ1v) is 36.4. The zero-order valence-electron chi connectivity index (χ0n) is 51.7. The summed E-state index contributed by atoms with van der Waals surface area (Å²) in [7, 11) is 0. The highest BCUT2D eigenvalue weighted by molar-refractivity contribution is 7.23. The summed E-state index contributed by atoms with van der Waals surface area (Å²) >= 11 is 6.57. The minimum Gasteiger partial charge on any atom is -0.491 e. The van der Waals surface area contributed by atoms with Gasteiger partial charge in [0.05, 0.1) is 46.1 Å². The molecule has 0 saturated heterocycles. The highest BCUT2D eigenvalue weighted by Gasteiger charge is 2.50. The molecule has 0 N–H and O–H groups in total. The maximum absolute atomic E-state index is 7.10. The van der Waals surface area contributed by atoms with Crippen molar-refractivity contribution in [3.63, 3.8) is 0 Å². The highest BCUT2D eigenvalue weighted by atomic mass is 32.1. The summed E-state index contributed by atoms with van der Waals surface area (Å²) in [6, 6.07) is 15.6. The number of aryl methyl sites for hydroxylation is 2. The summed E-state index contributed by atoms with van der Waals surface area (Å²) in [6.45, 7) is 20.0. The van der Waals surface area contributed by atoms with Crippen LogP contribution in [0.25, 0.3) is 74.9 Å². The lowest BCUT2D eigenvalue weighted by molar-refractivity contribution is 0.307. The van der Waals surface area contributed by atoms with Crippen LogP contribution in [0.1, 0.15) is 280 Å². The van der Waals surface area contributed by atoms with Crippen molar-refractivity contribution in [3.05, 3.63) is 69.1 Å². The molecular formula is C72H98N4O2S4. The molecule has 0 bridgehead atoms. The summed E-state index contributed by atoms with van der Waals surface area (Å²) in [4.78, 5) is 2.54. The highest BCUT2D eigenvalue weighted by Crippen LogP contribution is 2.64. The molecular weight excluding hydrogens is 1080 g/mol. The van der Waals surface area contributed by atoms with Crippen LogP contribution in [0.15, 0.2) is 36.4 Å². The van der Waals surface area contributed by atoms with Crippen molar-refractivity contribution in [1.29, 1.82) is 0 Å². The minimum atomic E-state index is -0.181. The minimum absolute atomic E-state index is 0.0934. The van der Waals surface area contributed by atoms with Crippen molar-refractivity contribution in [2.45, 2.75) is 272 Å². The predicted molar refractivity (Wildman–Crippen MR) is 359 cm³/mol. The van der Waals surface area contributed by atoms with Crippen LogP contribution in [-0.2, 0) is 10.8 Å². The molecule has 4 aromatic carbocycles. The molecule has 0 spiro atoms. The van der Waals surface area contributed by atoms with E-state index in [1.165, 1.54) is 276 Å². The summed E-state index contributed by atoms with van der Waals surface area (Å²) in [5.41, 5.74) is 18.2. The monoisotopic (exact) mass is 1180 g/mol. The Hall–Kier alpha value is -3.96. The van der Waals surface area contributed by atoms with Crippen molar-refractivity contribution >= 4 is 88.4 Å². The number of thiophene rings is 2. The van der Waals surface area contributed by atoms with Gasteiger partial charge in [-0.25, -0.2) is 0 Å². The van der Waals surface area contributed by atoms with Gasteiger partial charge in [0.1, 0.15) is 33.6 Å². The third-order valence-corrected chi connectivity index (χ3v) is 22.4. The van der Waals surface area contributed by atoms with E-state index in [-0.39, 0.29) is 10.8 Å². The number of aromatic nitrogens is 4. The summed E-state index contributed by atoms with van der Waals surface area (Å²) in [5, 5.41) is 2.39. The SMILES string of the molecule is CCCCCCCCOc1c2cc(-c3cc4c(c5nsnc35)-c3cc5c(cc3C4(CCCCCC)CCCCCC)-c3c(cc(C)c4nsnc34)C5(CCCCCC)CCCCCC)sc2c(OCCCCCCCC)c2cc(C)sc12. The molecule has 0 radical (unpaired) electrons. The van der Waals surface area contributed by atoms with Crippen LogP contribution in [-0.4, -0.2) is 30.7 Å². The Morgan fingerprint density at radius 1 is 0.366 bits per heavy atom. The van der Waals surface area contributed by atoms with Gasteiger partial charge < -0.3 is 9.47 Å². The van der Waals surface area contributed by atoms with Crippen LogP contribution in [0, 0.1) is 13.8 Å². The summed E-state index contributed by atoms with van der Waals surface area (Å²) in [5.74, 6) is 2.08. The molecule has 442 valence electrons. The van der Waals surface area contributed by atoms with Crippen molar-refractivity contribution < 1.29 is 9.47 Å². The van der Waals surface area contributed by atoms with Crippen LogP contribution in [0.4, 0.5) is 0 Å². The molecule has 0 fully saturated rings. The van der Waals surface area contributed by atoms with Gasteiger partial charge in [0.25, 0.3) is 0 Å². The third-order valence-electron chi connectivity index (χ3n) is 19.1. The molecule has 6 nitrogen and oxygen atoms in total. The van der Waals surface area contributed by atoms with E-state index < -0.39 is 0 Å². The normalized spacial score (nSPS) is 14.0. The number of benzene rings is 4. The zero-order valence-corrected chi connectivity index (χ0v) is 55.0. The van der Waals surface area contributed by atoms with E-state index >= 15 is 0 Å². The van der Waals surface area contributed by atoms with Crippen molar-refractivity contribution in [2.75, 3.05) is 13.2 Å². The molecule has 0 unspecified atom stereocenters. The maximum atomic E-state index is 7.10. The molecule has 8 aromatic rings. The molecule has 2 aliphatic carbocycles. The second-order valence-electron chi connectivity index (χ2n) is 25.1. The predicted octanol–water partition coefficient (Wildman–Crippen LogP) is 24.3. The number of hydrogen-bond acceptors (Lipinski definition) is 10. The lowest BCUT2D eigenvalue weighted by atomic mass is 9.68. The quantitative estimate of drug-likeness (QED) is 0.0362. The standard InChI is InChI=1S/C72H98N4O2S4/c1-9-15-21-27-29-35-41-77-67-54-44-50(8)79-69(54)68(78-42-36-30-28-22-16-10-2)55-48-60(80-70(55)67)53-47-59-62(66-64(53)74-82-76-66)52-46-56-51(45-57(52)72(59,39-33-25-19-13-5)40-34-26-20-14-6)61-58(43-49(7)63-65(61)75-81-73-63)71(56,37-31-23-17-11-3)38-32-24-18-12-4/h43-48H,9-42H2,1-8H3. The number of unbranched alkanes of at least 4 members (excludes halogenated alkanes) is 22. The van der Waals surface area contributed by atoms with Gasteiger partial charge in [-0.3, -0.25) is 0 Å². The van der Waals surface area contributed by atoms with E-state index in [1.54, 1.807) is 0 Å². The van der Waals surface area contributed by atoms with Gasteiger partial charge in [0, 0.05) is 48.0 Å². The summed E-state index contributed by atoms with van der Waals surface area (Å²) < 4.78 is 37.7. The molecule has 4 heterocycles. The molecule has 10 heteroatoms. The van der Waals surface area contributed by atoms with Gasteiger partial charge in [0.2, 0.25) is 0 Å². The van der Waals surface area contributed by atoms with Crippen LogP contribution < -0.4 is 9.47 Å². The Kier molecular flexibility index (Phi) is 21.6. The fourth-order valence-electron chi connectivity index (χ4n) is 14.7. The molecule has 0 atom stereocenters. The zero-order chi connectivity index (χ0) is 57.1. The molecule has 2 aliphatic rings. The molecule has 4 aromatic heterocycles. The Labute approximate surface area is 510 Å². The van der Waals surface area contributed by atoms with Gasteiger partial charge in [-0.2, -0.15) is 17.5 Å². The molecule has 82 heavy (non-hydrogen) atoms. The van der Waals surface area contributed by atoms with Gasteiger partial charge in [-0.05, 0) is 122 Å². The van der Waals surface area contributed by atoms with Crippen molar-refractivity contribution in [2.24, 2.45) is 0 Å². The fraction of sp³-hybridized carbons (Fsp3) is 0.611.